The summed E-state index contributed by atoms with van der Waals surface area (Å²) in [5.74, 6) is -0.169. The Labute approximate surface area is 153 Å². The van der Waals surface area contributed by atoms with Crippen molar-refractivity contribution in [3.05, 3.63) is 53.5 Å². The number of amides is 1. The van der Waals surface area contributed by atoms with Gasteiger partial charge >= 0.3 is 6.18 Å². The molecule has 0 saturated carbocycles. The molecule has 1 aliphatic heterocycles. The topological polar surface area (TPSA) is 79.1 Å². The van der Waals surface area contributed by atoms with E-state index < -0.39 is 11.7 Å². The van der Waals surface area contributed by atoms with E-state index >= 15 is 0 Å². The maximum absolute atomic E-state index is 12.8. The molecule has 27 heavy (non-hydrogen) atoms. The first-order valence-corrected chi connectivity index (χ1v) is 8.18. The smallest absolute Gasteiger partial charge is 0.416 e. The summed E-state index contributed by atoms with van der Waals surface area (Å²) >= 11 is 0. The van der Waals surface area contributed by atoms with E-state index in [-0.39, 0.29) is 36.6 Å². The summed E-state index contributed by atoms with van der Waals surface area (Å²) < 4.78 is 44.0. The quantitative estimate of drug-likeness (QED) is 0.820. The van der Waals surface area contributed by atoms with Crippen LogP contribution in [0.15, 0.2) is 36.7 Å². The lowest BCUT2D eigenvalue weighted by Crippen LogP contribution is -2.32. The first kappa shape index (κ1) is 18.6. The van der Waals surface area contributed by atoms with Gasteiger partial charge in [-0.3, -0.25) is 4.79 Å². The number of nitriles is 1. The maximum atomic E-state index is 12.8. The van der Waals surface area contributed by atoms with Gasteiger partial charge in [-0.15, -0.1) is 0 Å². The van der Waals surface area contributed by atoms with Crippen LogP contribution in [-0.4, -0.2) is 40.0 Å². The number of carbonyl (C=O) groups is 1. The minimum Gasteiger partial charge on any atom is -0.470 e. The Bertz CT molecular complexity index is 879. The van der Waals surface area contributed by atoms with Crippen LogP contribution in [0.2, 0.25) is 0 Å². The number of likely N-dealkylation sites (tertiary alicyclic amines) is 1. The maximum Gasteiger partial charge on any atom is 0.416 e. The van der Waals surface area contributed by atoms with E-state index in [1.165, 1.54) is 29.4 Å². The van der Waals surface area contributed by atoms with E-state index in [0.717, 1.165) is 12.1 Å². The number of hydrogen-bond donors (Lipinski definition) is 0. The number of benzene rings is 1. The molecule has 0 bridgehead atoms. The summed E-state index contributed by atoms with van der Waals surface area (Å²) in [4.78, 5) is 21.8. The van der Waals surface area contributed by atoms with Crippen molar-refractivity contribution in [2.75, 3.05) is 13.1 Å². The Balaban J connectivity index is 1.60. The lowest BCUT2D eigenvalue weighted by atomic mass is 10.1. The predicted molar refractivity (Wildman–Crippen MR) is 87.5 cm³/mol. The van der Waals surface area contributed by atoms with Crippen molar-refractivity contribution in [3.63, 3.8) is 0 Å². The summed E-state index contributed by atoms with van der Waals surface area (Å²) in [5, 5.41) is 9.00. The standard InChI is InChI=1S/C18H15F3N4O2/c19-18(20,21)13-3-1-2-12(8-13)9-16(26)25-7-4-14(11-25)27-17-15(10-22)23-5-6-24-17/h1-3,5-6,8,14H,4,7,9,11H2. The zero-order valence-corrected chi connectivity index (χ0v) is 14.1. The number of alkyl halides is 3. The average molecular weight is 376 g/mol. The molecule has 1 aromatic carbocycles. The lowest BCUT2D eigenvalue weighted by Gasteiger charge is -2.17. The summed E-state index contributed by atoms with van der Waals surface area (Å²) in [6.45, 7) is 0.698. The van der Waals surface area contributed by atoms with Crippen molar-refractivity contribution in [1.29, 1.82) is 5.26 Å². The second kappa shape index (κ2) is 7.61. The van der Waals surface area contributed by atoms with Gasteiger partial charge in [0.2, 0.25) is 11.6 Å². The van der Waals surface area contributed by atoms with E-state index in [2.05, 4.69) is 9.97 Å². The van der Waals surface area contributed by atoms with E-state index in [1.54, 1.807) is 0 Å². The highest BCUT2D eigenvalue weighted by atomic mass is 19.4. The molecule has 1 unspecified atom stereocenters. The van der Waals surface area contributed by atoms with Gasteiger partial charge in [0.15, 0.2) is 0 Å². The van der Waals surface area contributed by atoms with Crippen LogP contribution in [0.1, 0.15) is 23.2 Å². The highest BCUT2D eigenvalue weighted by Gasteiger charge is 2.31. The molecule has 3 rings (SSSR count). The van der Waals surface area contributed by atoms with Gasteiger partial charge < -0.3 is 9.64 Å². The molecule has 140 valence electrons. The number of aromatic nitrogens is 2. The van der Waals surface area contributed by atoms with Crippen LogP contribution in [0.5, 0.6) is 5.88 Å². The molecular formula is C18H15F3N4O2. The van der Waals surface area contributed by atoms with Crippen LogP contribution < -0.4 is 4.74 Å². The van der Waals surface area contributed by atoms with Gasteiger partial charge in [0, 0.05) is 25.4 Å². The molecule has 0 N–H and O–H groups in total. The largest absolute Gasteiger partial charge is 0.470 e. The molecule has 1 saturated heterocycles. The lowest BCUT2D eigenvalue weighted by molar-refractivity contribution is -0.138. The monoisotopic (exact) mass is 376 g/mol. The van der Waals surface area contributed by atoms with Crippen molar-refractivity contribution in [2.24, 2.45) is 0 Å². The van der Waals surface area contributed by atoms with E-state index in [4.69, 9.17) is 10.00 Å². The van der Waals surface area contributed by atoms with Gasteiger partial charge in [-0.1, -0.05) is 18.2 Å². The number of carbonyl (C=O) groups excluding carboxylic acids is 1. The summed E-state index contributed by atoms with van der Waals surface area (Å²) in [7, 11) is 0. The molecule has 6 nitrogen and oxygen atoms in total. The third-order valence-corrected chi connectivity index (χ3v) is 4.16. The van der Waals surface area contributed by atoms with Crippen LogP contribution in [0.4, 0.5) is 13.2 Å². The minimum atomic E-state index is -4.44. The van der Waals surface area contributed by atoms with Gasteiger partial charge in [0.1, 0.15) is 12.2 Å². The fourth-order valence-corrected chi connectivity index (χ4v) is 2.84. The van der Waals surface area contributed by atoms with Gasteiger partial charge in [0.25, 0.3) is 5.88 Å². The molecule has 0 aliphatic carbocycles. The zero-order chi connectivity index (χ0) is 19.4. The number of nitrogens with zero attached hydrogens (tertiary/aromatic N) is 4. The number of rotatable bonds is 4. The third kappa shape index (κ3) is 4.53. The molecule has 1 aliphatic rings. The van der Waals surface area contributed by atoms with Crippen molar-refractivity contribution in [3.8, 4) is 11.9 Å². The highest BCUT2D eigenvalue weighted by molar-refractivity contribution is 5.79. The van der Waals surface area contributed by atoms with Crippen molar-refractivity contribution < 1.29 is 22.7 Å². The molecule has 1 fully saturated rings. The second-order valence-corrected chi connectivity index (χ2v) is 6.07. The minimum absolute atomic E-state index is 0.0613. The van der Waals surface area contributed by atoms with Crippen molar-refractivity contribution in [1.82, 2.24) is 14.9 Å². The van der Waals surface area contributed by atoms with Gasteiger partial charge in [-0.2, -0.15) is 18.4 Å². The van der Waals surface area contributed by atoms with E-state index in [0.29, 0.717) is 18.5 Å². The van der Waals surface area contributed by atoms with E-state index in [1.807, 2.05) is 6.07 Å². The summed E-state index contributed by atoms with van der Waals surface area (Å²) in [6.07, 6.45) is -1.59. The molecule has 1 amide bonds. The Kier molecular flexibility index (Phi) is 5.26. The summed E-state index contributed by atoms with van der Waals surface area (Å²) in [5.41, 5.74) is -0.409. The van der Waals surface area contributed by atoms with E-state index in [9.17, 15) is 18.0 Å². The highest BCUT2D eigenvalue weighted by Crippen LogP contribution is 2.29. The Hall–Kier alpha value is -3.15. The fourth-order valence-electron chi connectivity index (χ4n) is 2.84. The first-order valence-electron chi connectivity index (χ1n) is 8.18. The Morgan fingerprint density at radius 2 is 2.11 bits per heavy atom. The molecule has 1 atom stereocenters. The number of ether oxygens (including phenoxy) is 1. The van der Waals surface area contributed by atoms with Crippen molar-refractivity contribution in [2.45, 2.75) is 25.1 Å². The Morgan fingerprint density at radius 1 is 1.33 bits per heavy atom. The molecule has 1 aromatic heterocycles. The zero-order valence-electron chi connectivity index (χ0n) is 14.1. The van der Waals surface area contributed by atoms with Crippen molar-refractivity contribution >= 4 is 5.91 Å². The fraction of sp³-hybridized carbons (Fsp3) is 0.333. The van der Waals surface area contributed by atoms with Crippen LogP contribution in [0.25, 0.3) is 0 Å². The SMILES string of the molecule is N#Cc1nccnc1OC1CCN(C(=O)Cc2cccc(C(F)(F)F)c2)C1. The van der Waals surface area contributed by atoms with Gasteiger partial charge in [-0.05, 0) is 11.6 Å². The van der Waals surface area contributed by atoms with Crippen LogP contribution >= 0.6 is 0 Å². The average Bonchev–Trinajstić information content (AvgIpc) is 3.10. The van der Waals surface area contributed by atoms with Crippen LogP contribution in [-0.2, 0) is 17.4 Å². The number of hydrogen-bond acceptors (Lipinski definition) is 5. The first-order chi connectivity index (χ1) is 12.9. The molecule has 9 heteroatoms. The predicted octanol–water partition coefficient (Wildman–Crippen LogP) is 2.59. The molecule has 0 radical (unpaired) electrons. The molecule has 2 heterocycles. The second-order valence-electron chi connectivity index (χ2n) is 6.07. The van der Waals surface area contributed by atoms with Crippen LogP contribution in [0, 0.1) is 11.3 Å². The van der Waals surface area contributed by atoms with Gasteiger partial charge in [-0.25, -0.2) is 9.97 Å². The number of halogens is 3. The van der Waals surface area contributed by atoms with Crippen LogP contribution in [0.3, 0.4) is 0 Å². The molecular weight excluding hydrogens is 361 g/mol. The Morgan fingerprint density at radius 3 is 2.85 bits per heavy atom. The van der Waals surface area contributed by atoms with Gasteiger partial charge in [0.05, 0.1) is 18.5 Å². The third-order valence-electron chi connectivity index (χ3n) is 4.16. The molecule has 2 aromatic rings. The molecule has 0 spiro atoms. The summed E-state index contributed by atoms with van der Waals surface area (Å²) in [6, 6.07) is 6.63. The normalized spacial score (nSPS) is 16.8.